The number of benzene rings is 1. The topological polar surface area (TPSA) is 0 Å². The first-order chi connectivity index (χ1) is 6.04. The molecular formula is C9H8F3I. The smallest absolute Gasteiger partial charge is 0.166 e. The fraction of sp³-hybridized carbons (Fsp3) is 0.333. The molecule has 4 heteroatoms. The Bertz CT molecular complexity index is 263. The van der Waals surface area contributed by atoms with E-state index in [0.29, 0.717) is 0 Å². The molecule has 0 radical (unpaired) electrons. The third-order valence-corrected chi connectivity index (χ3v) is 2.20. The number of halogens is 4. The minimum absolute atomic E-state index is 0.579. The van der Waals surface area contributed by atoms with Gasteiger partial charge in [0.2, 0.25) is 0 Å². The second kappa shape index (κ2) is 4.30. The lowest BCUT2D eigenvalue weighted by molar-refractivity contribution is -0.137. The molecule has 0 heterocycles. The van der Waals surface area contributed by atoms with Gasteiger partial charge in [-0.3, -0.25) is 0 Å². The Morgan fingerprint density at radius 2 is 1.62 bits per heavy atom. The number of hydrogen-bond acceptors (Lipinski definition) is 0. The van der Waals surface area contributed by atoms with E-state index >= 15 is 0 Å². The van der Waals surface area contributed by atoms with Gasteiger partial charge in [0.1, 0.15) is 0 Å². The molecule has 0 unspecified atom stereocenters. The van der Waals surface area contributed by atoms with Gasteiger partial charge >= 0.3 is 6.18 Å². The molecule has 0 aliphatic rings. The molecule has 0 fully saturated rings. The van der Waals surface area contributed by atoms with E-state index in [-0.39, 0.29) is 0 Å². The molecule has 13 heavy (non-hydrogen) atoms. The van der Waals surface area contributed by atoms with Crippen molar-refractivity contribution in [3.8, 4) is 0 Å². The summed E-state index contributed by atoms with van der Waals surface area (Å²) in [6.07, 6.45) is -3.40. The van der Waals surface area contributed by atoms with Gasteiger partial charge in [0, 0.05) is 4.43 Å². The Balaban J connectivity index is 2.81. The van der Waals surface area contributed by atoms with Crippen LogP contribution in [0.15, 0.2) is 24.3 Å². The number of rotatable bonds is 2. The summed E-state index contributed by atoms with van der Waals surface area (Å²) in [4.78, 5) is 0. The third-order valence-electron chi connectivity index (χ3n) is 1.66. The Labute approximate surface area is 88.3 Å². The molecule has 72 valence electrons. The van der Waals surface area contributed by atoms with Crippen LogP contribution in [0.3, 0.4) is 0 Å². The van der Waals surface area contributed by atoms with Gasteiger partial charge in [-0.15, -0.1) is 0 Å². The highest BCUT2D eigenvalue weighted by molar-refractivity contribution is 14.1. The second-order valence-electron chi connectivity index (χ2n) is 2.63. The summed E-state index contributed by atoms with van der Waals surface area (Å²) in [6, 6.07) is 5.31. The van der Waals surface area contributed by atoms with Gasteiger partial charge in [0.15, 0.2) is 0 Å². The lowest BCUT2D eigenvalue weighted by atomic mass is 10.1. The van der Waals surface area contributed by atoms with Gasteiger partial charge in [0.05, 0.1) is 5.56 Å². The van der Waals surface area contributed by atoms with Crippen LogP contribution < -0.4 is 0 Å². The van der Waals surface area contributed by atoms with E-state index in [1.807, 2.05) is 0 Å². The molecule has 0 aliphatic heterocycles. The average molecular weight is 300 g/mol. The zero-order chi connectivity index (χ0) is 9.90. The maximum absolute atomic E-state index is 12.1. The van der Waals surface area contributed by atoms with E-state index < -0.39 is 11.7 Å². The van der Waals surface area contributed by atoms with Crippen LogP contribution in [0, 0.1) is 0 Å². The van der Waals surface area contributed by atoms with Crippen LogP contribution in [0.5, 0.6) is 0 Å². The molecule has 0 aromatic heterocycles. The highest BCUT2D eigenvalue weighted by atomic mass is 127. The monoisotopic (exact) mass is 300 g/mol. The van der Waals surface area contributed by atoms with Crippen molar-refractivity contribution in [3.05, 3.63) is 35.4 Å². The molecule has 0 spiro atoms. The van der Waals surface area contributed by atoms with Crippen molar-refractivity contribution in [3.63, 3.8) is 0 Å². The molecule has 0 N–H and O–H groups in total. The normalized spacial score (nSPS) is 11.7. The molecule has 1 aromatic carbocycles. The molecule has 0 saturated heterocycles. The fourth-order valence-corrected chi connectivity index (χ4v) is 1.59. The molecule has 0 nitrogen and oxygen atoms in total. The molecule has 0 atom stereocenters. The molecule has 1 aromatic rings. The minimum atomic E-state index is -4.22. The van der Waals surface area contributed by atoms with E-state index in [1.165, 1.54) is 12.1 Å². The van der Waals surface area contributed by atoms with Crippen LogP contribution >= 0.6 is 22.6 Å². The summed E-state index contributed by atoms with van der Waals surface area (Å²) in [7, 11) is 0. The average Bonchev–Trinajstić information content (AvgIpc) is 2.04. The molecule has 0 aliphatic carbocycles. The van der Waals surface area contributed by atoms with Crippen molar-refractivity contribution in [1.82, 2.24) is 0 Å². The maximum Gasteiger partial charge on any atom is 0.416 e. The zero-order valence-electron chi connectivity index (χ0n) is 6.74. The second-order valence-corrected chi connectivity index (χ2v) is 3.71. The van der Waals surface area contributed by atoms with E-state index in [0.717, 1.165) is 28.5 Å². The van der Waals surface area contributed by atoms with E-state index in [2.05, 4.69) is 22.6 Å². The largest absolute Gasteiger partial charge is 0.416 e. The highest BCUT2D eigenvalue weighted by Gasteiger charge is 2.29. The fourth-order valence-electron chi connectivity index (χ4n) is 0.970. The summed E-state index contributed by atoms with van der Waals surface area (Å²) in [6.45, 7) is 0. The SMILES string of the molecule is FC(F)(F)c1ccc(CCI)cc1. The van der Waals surface area contributed by atoms with Crippen molar-refractivity contribution in [1.29, 1.82) is 0 Å². The summed E-state index contributed by atoms with van der Waals surface area (Å²) in [5, 5.41) is 0. The van der Waals surface area contributed by atoms with Gasteiger partial charge in [-0.05, 0) is 24.1 Å². The van der Waals surface area contributed by atoms with Gasteiger partial charge in [-0.1, -0.05) is 34.7 Å². The first-order valence-corrected chi connectivity index (χ1v) is 5.28. The van der Waals surface area contributed by atoms with E-state index in [4.69, 9.17) is 0 Å². The van der Waals surface area contributed by atoms with Crippen molar-refractivity contribution in [2.75, 3.05) is 4.43 Å². The lowest BCUT2D eigenvalue weighted by Crippen LogP contribution is -2.04. The molecule has 0 bridgehead atoms. The summed E-state index contributed by atoms with van der Waals surface area (Å²) in [5.41, 5.74) is 0.368. The Hall–Kier alpha value is -0.260. The Morgan fingerprint density at radius 3 is 2.00 bits per heavy atom. The summed E-state index contributed by atoms with van der Waals surface area (Å²) < 4.78 is 37.2. The first-order valence-electron chi connectivity index (χ1n) is 3.76. The van der Waals surface area contributed by atoms with Crippen molar-refractivity contribution in [2.24, 2.45) is 0 Å². The van der Waals surface area contributed by atoms with Gasteiger partial charge in [0.25, 0.3) is 0 Å². The zero-order valence-corrected chi connectivity index (χ0v) is 8.89. The van der Waals surface area contributed by atoms with E-state index in [9.17, 15) is 13.2 Å². The Kier molecular flexibility index (Phi) is 3.58. The quantitative estimate of drug-likeness (QED) is 0.577. The minimum Gasteiger partial charge on any atom is -0.166 e. The number of hydrogen-bond donors (Lipinski definition) is 0. The Morgan fingerprint density at radius 1 is 1.08 bits per heavy atom. The predicted octanol–water partition coefficient (Wildman–Crippen LogP) is 3.68. The highest BCUT2D eigenvalue weighted by Crippen LogP contribution is 2.29. The van der Waals surface area contributed by atoms with Gasteiger partial charge < -0.3 is 0 Å². The summed E-state index contributed by atoms with van der Waals surface area (Å²) in [5.74, 6) is 0. The van der Waals surface area contributed by atoms with Crippen LogP contribution in [-0.4, -0.2) is 4.43 Å². The standard InChI is InChI=1S/C9H8F3I/c10-9(11,12)8-3-1-7(2-4-8)5-6-13/h1-4H,5-6H2. The number of aryl methyl sites for hydroxylation is 1. The van der Waals surface area contributed by atoms with Crippen LogP contribution in [0.4, 0.5) is 13.2 Å². The maximum atomic E-state index is 12.1. The van der Waals surface area contributed by atoms with Crippen LogP contribution in [-0.2, 0) is 12.6 Å². The van der Waals surface area contributed by atoms with Crippen LogP contribution in [0.25, 0.3) is 0 Å². The van der Waals surface area contributed by atoms with Crippen molar-refractivity contribution >= 4 is 22.6 Å². The van der Waals surface area contributed by atoms with Gasteiger partial charge in [-0.2, -0.15) is 13.2 Å². The number of alkyl halides is 4. The molecule has 1 rings (SSSR count). The molecule has 0 saturated carbocycles. The molecule has 0 amide bonds. The van der Waals surface area contributed by atoms with Crippen molar-refractivity contribution in [2.45, 2.75) is 12.6 Å². The predicted molar refractivity (Wildman–Crippen MR) is 54.0 cm³/mol. The third kappa shape index (κ3) is 3.17. The molecular weight excluding hydrogens is 292 g/mol. The van der Waals surface area contributed by atoms with Crippen molar-refractivity contribution < 1.29 is 13.2 Å². The lowest BCUT2D eigenvalue weighted by Gasteiger charge is -2.06. The summed E-state index contributed by atoms with van der Waals surface area (Å²) >= 11 is 2.19. The van der Waals surface area contributed by atoms with Crippen LogP contribution in [0.2, 0.25) is 0 Å². The van der Waals surface area contributed by atoms with Gasteiger partial charge in [-0.25, -0.2) is 0 Å². The van der Waals surface area contributed by atoms with Crippen LogP contribution in [0.1, 0.15) is 11.1 Å². The van der Waals surface area contributed by atoms with E-state index in [1.54, 1.807) is 0 Å². The first kappa shape index (κ1) is 10.8.